The van der Waals surface area contributed by atoms with Crippen LogP contribution >= 0.6 is 0 Å². The number of Topliss-reactive ketones (excluding diaryl/α,β-unsaturated/α-hetero) is 1. The maximum atomic E-state index is 13.6. The molecule has 0 aromatic heterocycles. The van der Waals surface area contributed by atoms with Gasteiger partial charge in [-0.25, -0.2) is 14.4 Å². The number of aromatic hydroxyl groups is 1. The van der Waals surface area contributed by atoms with Crippen LogP contribution in [0.25, 0.3) is 0 Å². The maximum Gasteiger partial charge on any atom is 0.337 e. The lowest BCUT2D eigenvalue weighted by Gasteiger charge is -2.30. The maximum absolute atomic E-state index is 13.6. The molecule has 1 aromatic rings. The van der Waals surface area contributed by atoms with Crippen LogP contribution in [0.3, 0.4) is 0 Å². The second-order valence-corrected chi connectivity index (χ2v) is 12.2. The highest BCUT2D eigenvalue weighted by Gasteiger charge is 2.49. The lowest BCUT2D eigenvalue weighted by molar-refractivity contribution is -0.174. The number of methoxy groups -OCH3 is 2. The average molecular weight is 704 g/mol. The first-order valence-electron chi connectivity index (χ1n) is 17.0. The van der Waals surface area contributed by atoms with E-state index < -0.39 is 60.4 Å². The van der Waals surface area contributed by atoms with Gasteiger partial charge in [0.25, 0.3) is 0 Å². The fourth-order valence-corrected chi connectivity index (χ4v) is 5.11. The van der Waals surface area contributed by atoms with Crippen molar-refractivity contribution in [3.05, 3.63) is 54.1 Å². The lowest BCUT2D eigenvalue weighted by Crippen LogP contribution is -2.55. The molecule has 4 N–H and O–H groups in total. The zero-order chi connectivity index (χ0) is 37.5. The van der Waals surface area contributed by atoms with Crippen molar-refractivity contribution in [1.29, 1.82) is 0 Å². The number of hydrogen-bond acceptors (Lipinski definition) is 11. The van der Waals surface area contributed by atoms with Crippen molar-refractivity contribution in [3.8, 4) is 5.75 Å². The zero-order valence-corrected chi connectivity index (χ0v) is 29.4. The van der Waals surface area contributed by atoms with Crippen LogP contribution in [-0.4, -0.2) is 83.4 Å². The van der Waals surface area contributed by atoms with E-state index in [1.54, 1.807) is 0 Å². The topological polar surface area (TPSA) is 203 Å². The number of phenolic OH excluding ortho intramolecular Hbond substituents is 1. The Bertz CT molecular complexity index is 1310. The number of phenols is 1. The number of amides is 1. The van der Waals surface area contributed by atoms with Crippen LogP contribution < -0.4 is 5.32 Å². The summed E-state index contributed by atoms with van der Waals surface area (Å²) >= 11 is 0. The summed E-state index contributed by atoms with van der Waals surface area (Å²) < 4.78 is 14.2. The Morgan fingerprint density at radius 1 is 0.900 bits per heavy atom. The minimum Gasteiger partial charge on any atom is -0.508 e. The molecule has 0 radical (unpaired) electrons. The molecule has 0 aliphatic heterocycles. The number of carboxylic acids is 1. The summed E-state index contributed by atoms with van der Waals surface area (Å²) in [6.45, 7) is 4.92. The molecule has 0 aliphatic rings. The monoisotopic (exact) mass is 703 g/mol. The molecule has 1 amide bonds. The van der Waals surface area contributed by atoms with Gasteiger partial charge in [0.1, 0.15) is 24.2 Å². The summed E-state index contributed by atoms with van der Waals surface area (Å²) in [4.78, 5) is 75.1. The van der Waals surface area contributed by atoms with Crippen molar-refractivity contribution in [2.75, 3.05) is 20.8 Å². The third kappa shape index (κ3) is 16.3. The van der Waals surface area contributed by atoms with E-state index in [0.29, 0.717) is 31.2 Å². The van der Waals surface area contributed by atoms with Gasteiger partial charge in [-0.05, 0) is 43.4 Å². The number of benzene rings is 1. The van der Waals surface area contributed by atoms with E-state index in [4.69, 9.17) is 9.47 Å². The number of unbranched alkanes of at least 4 members (excludes halogenated alkanes) is 8. The molecule has 13 heteroatoms. The first-order valence-corrected chi connectivity index (χ1v) is 17.0. The summed E-state index contributed by atoms with van der Waals surface area (Å²) in [6, 6.07) is 4.49. The molecular formula is C37H53NO12. The number of aliphatic carboxylic acids is 1. The largest absolute Gasteiger partial charge is 0.508 e. The summed E-state index contributed by atoms with van der Waals surface area (Å²) in [7, 11) is 2.20. The molecule has 50 heavy (non-hydrogen) atoms. The van der Waals surface area contributed by atoms with Crippen molar-refractivity contribution in [2.45, 2.75) is 108 Å². The Morgan fingerprint density at radius 2 is 1.50 bits per heavy atom. The number of carbonyl (C=O) groups is 6. The van der Waals surface area contributed by atoms with Gasteiger partial charge in [-0.15, -0.1) is 0 Å². The molecule has 1 rings (SSSR count). The molecule has 0 unspecified atom stereocenters. The Balaban J connectivity index is 3.04. The smallest absolute Gasteiger partial charge is 0.337 e. The van der Waals surface area contributed by atoms with E-state index >= 15 is 0 Å². The van der Waals surface area contributed by atoms with Crippen LogP contribution in [0.2, 0.25) is 0 Å². The SMILES string of the molecule is C=C(COC(=O)C[C@@](O)(C(=O)O)[C@H](/C=C/CCCCCCC(=O)CCCCCCC)C(=O)N[C@@H](Cc1ccc(O)cc1)C(=O)OC)C(=O)OC. The number of allylic oxidation sites excluding steroid dienone is 1. The summed E-state index contributed by atoms with van der Waals surface area (Å²) in [5, 5.41) is 33.5. The molecule has 1 aromatic carbocycles. The van der Waals surface area contributed by atoms with Gasteiger partial charge in [0.05, 0.1) is 32.1 Å². The third-order valence-electron chi connectivity index (χ3n) is 8.11. The van der Waals surface area contributed by atoms with Crippen LogP contribution in [0.1, 0.15) is 96.0 Å². The van der Waals surface area contributed by atoms with Crippen LogP contribution in [0.15, 0.2) is 48.6 Å². The summed E-state index contributed by atoms with van der Waals surface area (Å²) in [5.41, 5.74) is -2.74. The van der Waals surface area contributed by atoms with Gasteiger partial charge >= 0.3 is 23.9 Å². The van der Waals surface area contributed by atoms with Crippen LogP contribution in [-0.2, 0) is 49.4 Å². The van der Waals surface area contributed by atoms with E-state index in [2.05, 4.69) is 23.6 Å². The second-order valence-electron chi connectivity index (χ2n) is 12.2. The number of esters is 3. The van der Waals surface area contributed by atoms with Crippen molar-refractivity contribution >= 4 is 35.6 Å². The molecule has 13 nitrogen and oxygen atoms in total. The Morgan fingerprint density at radius 3 is 2.06 bits per heavy atom. The molecule has 278 valence electrons. The number of ketones is 1. The first-order chi connectivity index (χ1) is 23.8. The minimum atomic E-state index is -3.03. The van der Waals surface area contributed by atoms with Crippen LogP contribution in [0.4, 0.5) is 0 Å². The molecule has 0 aliphatic carbocycles. The Labute approximate surface area is 294 Å². The minimum absolute atomic E-state index is 0.0205. The van der Waals surface area contributed by atoms with Gasteiger partial charge in [-0.2, -0.15) is 0 Å². The molecule has 0 saturated heterocycles. The van der Waals surface area contributed by atoms with Crippen molar-refractivity contribution < 1.29 is 58.3 Å². The normalized spacial score (nSPS) is 13.4. The quantitative estimate of drug-likeness (QED) is 0.0346. The number of rotatable bonds is 26. The van der Waals surface area contributed by atoms with Crippen LogP contribution in [0, 0.1) is 5.92 Å². The van der Waals surface area contributed by atoms with Gasteiger partial charge < -0.3 is 34.8 Å². The van der Waals surface area contributed by atoms with Gasteiger partial charge in [-0.3, -0.25) is 14.4 Å². The number of hydrogen-bond donors (Lipinski definition) is 4. The van der Waals surface area contributed by atoms with Crippen molar-refractivity contribution in [3.63, 3.8) is 0 Å². The molecule has 0 bridgehead atoms. The lowest BCUT2D eigenvalue weighted by atomic mass is 9.82. The predicted octanol–water partition coefficient (Wildman–Crippen LogP) is 4.51. The predicted molar refractivity (Wildman–Crippen MR) is 184 cm³/mol. The molecule has 0 spiro atoms. The van der Waals surface area contributed by atoms with Crippen LogP contribution in [0.5, 0.6) is 5.75 Å². The van der Waals surface area contributed by atoms with E-state index in [1.165, 1.54) is 42.8 Å². The highest BCUT2D eigenvalue weighted by Crippen LogP contribution is 2.26. The number of carbonyl (C=O) groups excluding carboxylic acids is 5. The van der Waals surface area contributed by atoms with Gasteiger partial charge in [0.15, 0.2) is 5.60 Å². The number of nitrogens with one attached hydrogen (secondary N) is 1. The molecule has 0 saturated carbocycles. The Hall–Kier alpha value is -4.52. The van der Waals surface area contributed by atoms with E-state index in [1.807, 2.05) is 0 Å². The summed E-state index contributed by atoms with van der Waals surface area (Å²) in [6.07, 6.45) is 11.3. The summed E-state index contributed by atoms with van der Waals surface area (Å²) in [5.74, 6) is -7.59. The Kier molecular flexibility index (Phi) is 20.7. The first kappa shape index (κ1) is 43.5. The van der Waals surface area contributed by atoms with E-state index in [0.717, 1.165) is 59.2 Å². The second kappa shape index (κ2) is 23.8. The van der Waals surface area contributed by atoms with Crippen molar-refractivity contribution in [1.82, 2.24) is 5.32 Å². The van der Waals surface area contributed by atoms with E-state index in [-0.39, 0.29) is 23.5 Å². The highest BCUT2D eigenvalue weighted by molar-refractivity contribution is 5.95. The molecule has 0 fully saturated rings. The number of aliphatic hydroxyl groups is 1. The molecule has 0 heterocycles. The van der Waals surface area contributed by atoms with Gasteiger partial charge in [-0.1, -0.05) is 76.3 Å². The average Bonchev–Trinajstić information content (AvgIpc) is 3.09. The molecular weight excluding hydrogens is 650 g/mol. The van der Waals surface area contributed by atoms with Crippen molar-refractivity contribution in [2.24, 2.45) is 5.92 Å². The van der Waals surface area contributed by atoms with Gasteiger partial charge in [0, 0.05) is 19.3 Å². The molecule has 3 atom stereocenters. The fraction of sp³-hybridized carbons (Fsp3) is 0.568. The highest BCUT2D eigenvalue weighted by atomic mass is 16.5. The third-order valence-corrected chi connectivity index (χ3v) is 8.11. The standard InChI is InChI=1S/C37H53NO12/c1-5-6-7-10-13-16-28(39)17-14-11-8-9-12-15-18-30(37(47,36(45)46)24-32(41)50-25-26(2)34(43)48-3)33(42)38-31(35(44)49-4)23-27-19-21-29(40)22-20-27/h15,18-22,30-31,40,47H,2,5-14,16-17,23-25H2,1,3-4H3,(H,38,42)(H,45,46)/b18-15+/t30-,31+,37+/m1/s1. The number of ether oxygens (including phenoxy) is 3. The van der Waals surface area contributed by atoms with E-state index in [9.17, 15) is 44.1 Å². The number of carboxylic acid groups (broad SMARTS) is 1. The fourth-order valence-electron chi connectivity index (χ4n) is 5.11. The zero-order valence-electron chi connectivity index (χ0n) is 29.4. The van der Waals surface area contributed by atoms with Gasteiger partial charge in [0.2, 0.25) is 5.91 Å².